The third-order valence-corrected chi connectivity index (χ3v) is 2.64. The van der Waals surface area contributed by atoms with Crippen LogP contribution >= 0.6 is 11.6 Å². The molecule has 1 aliphatic carbocycles. The number of nitrogens with zero attached hydrogens (tertiary/aromatic N) is 1. The third-order valence-electron chi connectivity index (χ3n) is 2.21. The smallest absolute Gasteiger partial charge is 0.330 e. The molecule has 1 aliphatic rings. The molecule has 5 heteroatoms. The summed E-state index contributed by atoms with van der Waals surface area (Å²) in [6.45, 7) is 1.74. The number of rotatable bonds is 3. The number of hydrogen-bond acceptors (Lipinski definition) is 3. The summed E-state index contributed by atoms with van der Waals surface area (Å²) in [6.07, 6.45) is -0.154. The van der Waals surface area contributed by atoms with Crippen molar-refractivity contribution in [3.05, 3.63) is 0 Å². The van der Waals surface area contributed by atoms with Crippen LogP contribution in [-0.2, 0) is 9.53 Å². The van der Waals surface area contributed by atoms with Crippen LogP contribution in [0.2, 0.25) is 0 Å². The molecule has 0 spiro atoms. The molecule has 1 fully saturated rings. The van der Waals surface area contributed by atoms with E-state index in [0.29, 0.717) is 0 Å². The molecule has 0 aromatic rings. The quantitative estimate of drug-likeness (QED) is 0.517. The van der Waals surface area contributed by atoms with E-state index in [1.54, 1.807) is 13.0 Å². The second kappa shape index (κ2) is 3.15. The zero-order valence-electron chi connectivity index (χ0n) is 7.14. The Bertz CT molecular complexity index is 278. The van der Waals surface area contributed by atoms with Crippen LogP contribution in [0.5, 0.6) is 0 Å². The van der Waals surface area contributed by atoms with Gasteiger partial charge >= 0.3 is 5.97 Å². The van der Waals surface area contributed by atoms with E-state index in [1.807, 2.05) is 0 Å². The van der Waals surface area contributed by atoms with Crippen LogP contribution in [0.15, 0.2) is 0 Å². The van der Waals surface area contributed by atoms with E-state index >= 15 is 0 Å². The molecule has 0 heterocycles. The highest BCUT2D eigenvalue weighted by molar-refractivity contribution is 6.19. The van der Waals surface area contributed by atoms with E-state index in [9.17, 15) is 9.18 Å². The zero-order valence-corrected chi connectivity index (χ0v) is 7.90. The summed E-state index contributed by atoms with van der Waals surface area (Å²) in [5, 5.41) is 8.67. The molecule has 2 atom stereocenters. The van der Waals surface area contributed by atoms with E-state index in [-0.39, 0.29) is 18.9 Å². The van der Waals surface area contributed by atoms with Gasteiger partial charge in [-0.2, -0.15) is 5.26 Å². The van der Waals surface area contributed by atoms with Gasteiger partial charge in [0, 0.05) is 6.42 Å². The lowest BCUT2D eigenvalue weighted by Gasteiger charge is -2.09. The Morgan fingerprint density at radius 3 is 2.77 bits per heavy atom. The Hall–Kier alpha value is -0.820. The highest BCUT2D eigenvalue weighted by Crippen LogP contribution is 2.60. The van der Waals surface area contributed by atoms with E-state index in [4.69, 9.17) is 16.9 Å². The van der Waals surface area contributed by atoms with Crippen molar-refractivity contribution in [2.75, 3.05) is 12.5 Å². The van der Waals surface area contributed by atoms with Crippen molar-refractivity contribution in [2.24, 2.45) is 5.41 Å². The molecule has 13 heavy (non-hydrogen) atoms. The molecule has 1 rings (SSSR count). The summed E-state index contributed by atoms with van der Waals surface area (Å²) in [5.74, 6) is -1.15. The van der Waals surface area contributed by atoms with Gasteiger partial charge in [-0.15, -0.1) is 11.6 Å². The molecule has 1 saturated carbocycles. The Morgan fingerprint density at radius 2 is 2.46 bits per heavy atom. The lowest BCUT2D eigenvalue weighted by atomic mass is 10.1. The fourth-order valence-electron chi connectivity index (χ4n) is 1.23. The van der Waals surface area contributed by atoms with Crippen molar-refractivity contribution in [1.29, 1.82) is 5.26 Å². The summed E-state index contributed by atoms with van der Waals surface area (Å²) in [4.78, 5) is 11.2. The molecule has 0 unspecified atom stereocenters. The molecular weight excluding hydrogens is 197 g/mol. The first-order valence-corrected chi connectivity index (χ1v) is 4.43. The molecule has 72 valence electrons. The second-order valence-corrected chi connectivity index (χ2v) is 3.28. The first-order valence-electron chi connectivity index (χ1n) is 3.89. The van der Waals surface area contributed by atoms with E-state index in [1.165, 1.54) is 0 Å². The predicted octanol–water partition coefficient (Wildman–Crippen LogP) is 1.41. The molecule has 0 aromatic heterocycles. The van der Waals surface area contributed by atoms with Crippen LogP contribution in [0, 0.1) is 16.7 Å². The van der Waals surface area contributed by atoms with Gasteiger partial charge < -0.3 is 4.74 Å². The maximum Gasteiger partial charge on any atom is 0.330 e. The van der Waals surface area contributed by atoms with Crippen molar-refractivity contribution in [3.63, 3.8) is 0 Å². The zero-order chi connectivity index (χ0) is 10.1. The number of esters is 1. The molecule has 0 radical (unpaired) electrons. The van der Waals surface area contributed by atoms with E-state index < -0.39 is 17.1 Å². The molecule has 0 amide bonds. The minimum Gasteiger partial charge on any atom is -0.465 e. The largest absolute Gasteiger partial charge is 0.465 e. The molecule has 0 bridgehead atoms. The summed E-state index contributed by atoms with van der Waals surface area (Å²) >= 11 is 5.31. The van der Waals surface area contributed by atoms with Crippen molar-refractivity contribution in [2.45, 2.75) is 19.0 Å². The summed E-state index contributed by atoms with van der Waals surface area (Å²) < 4.78 is 18.1. The monoisotopic (exact) mass is 205 g/mol. The topological polar surface area (TPSA) is 50.1 Å². The minimum atomic E-state index is -1.89. The number of carbonyl (C=O) groups excluding carboxylic acids is 1. The van der Waals surface area contributed by atoms with Gasteiger partial charge in [-0.25, -0.2) is 4.39 Å². The van der Waals surface area contributed by atoms with Gasteiger partial charge in [0.25, 0.3) is 0 Å². The summed E-state index contributed by atoms with van der Waals surface area (Å²) in [6, 6.07) is 1.64. The number of ether oxygens (including phenoxy) is 1. The highest BCUT2D eigenvalue weighted by Gasteiger charge is 2.75. The number of halogens is 2. The second-order valence-electron chi connectivity index (χ2n) is 3.01. The van der Waals surface area contributed by atoms with Gasteiger partial charge in [-0.1, -0.05) is 0 Å². The van der Waals surface area contributed by atoms with Gasteiger partial charge in [-0.3, -0.25) is 4.79 Å². The first-order chi connectivity index (χ1) is 6.06. The predicted molar refractivity (Wildman–Crippen MR) is 43.9 cm³/mol. The number of nitriles is 1. The number of alkyl halides is 2. The van der Waals surface area contributed by atoms with Crippen LogP contribution in [0.1, 0.15) is 13.3 Å². The van der Waals surface area contributed by atoms with Gasteiger partial charge in [0.15, 0.2) is 11.1 Å². The molecule has 0 aliphatic heterocycles. The standard InChI is InChI=1S/C8H9ClFNO2/c1-2-13-6(12)7(5-11)3-8(7,10)4-9/h2-4H2,1H3/t7-,8+/m0/s1. The molecule has 0 N–H and O–H groups in total. The number of hydrogen-bond donors (Lipinski definition) is 0. The lowest BCUT2D eigenvalue weighted by Crippen LogP contribution is -2.27. The average Bonchev–Trinajstić information content (AvgIpc) is 2.75. The van der Waals surface area contributed by atoms with E-state index in [0.717, 1.165) is 0 Å². The van der Waals surface area contributed by atoms with Crippen molar-refractivity contribution < 1.29 is 13.9 Å². The Morgan fingerprint density at radius 1 is 1.85 bits per heavy atom. The van der Waals surface area contributed by atoms with Crippen LogP contribution in [0.4, 0.5) is 4.39 Å². The van der Waals surface area contributed by atoms with Gasteiger partial charge in [-0.05, 0) is 6.92 Å². The SMILES string of the molecule is CCOC(=O)[C@@]1(C#N)C[C@@]1(F)CCl. The average molecular weight is 206 g/mol. The Balaban J connectivity index is 2.78. The summed E-state index contributed by atoms with van der Waals surface area (Å²) in [7, 11) is 0. The van der Waals surface area contributed by atoms with Crippen molar-refractivity contribution in [1.82, 2.24) is 0 Å². The van der Waals surface area contributed by atoms with Crippen molar-refractivity contribution in [3.8, 4) is 6.07 Å². The summed E-state index contributed by atoms with van der Waals surface area (Å²) in [5.41, 5.74) is -3.54. The fourth-order valence-corrected chi connectivity index (χ4v) is 1.55. The van der Waals surface area contributed by atoms with E-state index in [2.05, 4.69) is 4.74 Å². The number of carbonyl (C=O) groups is 1. The van der Waals surface area contributed by atoms with Gasteiger partial charge in [0.2, 0.25) is 0 Å². The van der Waals surface area contributed by atoms with Crippen molar-refractivity contribution >= 4 is 17.6 Å². The van der Waals surface area contributed by atoms with Crippen LogP contribution in [0.25, 0.3) is 0 Å². The van der Waals surface area contributed by atoms with Crippen LogP contribution < -0.4 is 0 Å². The van der Waals surface area contributed by atoms with Crippen LogP contribution in [-0.4, -0.2) is 24.1 Å². The fraction of sp³-hybridized carbons (Fsp3) is 0.750. The first kappa shape index (κ1) is 10.3. The molecule has 0 aromatic carbocycles. The Labute approximate surface area is 80.4 Å². The lowest BCUT2D eigenvalue weighted by molar-refractivity contribution is -0.148. The molecular formula is C8H9ClFNO2. The third kappa shape index (κ3) is 1.28. The normalized spacial score (nSPS) is 36.5. The molecule has 3 nitrogen and oxygen atoms in total. The maximum atomic E-state index is 13.5. The van der Waals surface area contributed by atoms with Crippen LogP contribution in [0.3, 0.4) is 0 Å². The molecule has 0 saturated heterocycles. The van der Waals surface area contributed by atoms with Gasteiger partial charge in [0.1, 0.15) is 0 Å². The maximum absolute atomic E-state index is 13.5. The highest BCUT2D eigenvalue weighted by atomic mass is 35.5. The minimum absolute atomic E-state index is 0.140. The van der Waals surface area contributed by atoms with Gasteiger partial charge in [0.05, 0.1) is 18.6 Å². The Kier molecular flexibility index (Phi) is 2.49.